The third-order valence-electron chi connectivity index (χ3n) is 5.65. The third kappa shape index (κ3) is 6.24. The molecule has 4 rings (SSSR count). The van der Waals surface area contributed by atoms with Crippen LogP contribution in [0.1, 0.15) is 16.7 Å². The molecule has 2 amide bonds. The van der Waals surface area contributed by atoms with Gasteiger partial charge in [-0.25, -0.2) is 4.98 Å². The van der Waals surface area contributed by atoms with E-state index in [1.54, 1.807) is 23.4 Å². The van der Waals surface area contributed by atoms with Crippen molar-refractivity contribution in [2.45, 2.75) is 6.92 Å². The Morgan fingerprint density at radius 1 is 1.22 bits per heavy atom. The first-order valence-electron chi connectivity index (χ1n) is 11.6. The zero-order valence-electron chi connectivity index (χ0n) is 20.1. The monoisotopic (exact) mass is 504 g/mol. The fourth-order valence-electron chi connectivity index (χ4n) is 3.67. The summed E-state index contributed by atoms with van der Waals surface area (Å²) in [7, 11) is 0. The van der Waals surface area contributed by atoms with Gasteiger partial charge in [0, 0.05) is 32.0 Å². The summed E-state index contributed by atoms with van der Waals surface area (Å²) in [5, 5.41) is 3.24. The van der Waals surface area contributed by atoms with Crippen LogP contribution < -0.4 is 10.1 Å². The van der Waals surface area contributed by atoms with E-state index >= 15 is 0 Å². The number of amides is 2. The molecule has 2 aromatic heterocycles. The van der Waals surface area contributed by atoms with Gasteiger partial charge in [0.1, 0.15) is 11.3 Å². The Kier molecular flexibility index (Phi) is 8.59. The van der Waals surface area contributed by atoms with Gasteiger partial charge in [-0.2, -0.15) is 0 Å². The lowest BCUT2D eigenvalue weighted by Crippen LogP contribution is -2.43. The van der Waals surface area contributed by atoms with E-state index in [-0.39, 0.29) is 18.4 Å². The predicted octanol–water partition coefficient (Wildman–Crippen LogP) is 4.01. The van der Waals surface area contributed by atoms with Crippen molar-refractivity contribution in [1.82, 2.24) is 20.2 Å². The second-order valence-corrected chi connectivity index (χ2v) is 9.03. The zero-order valence-corrected chi connectivity index (χ0v) is 20.9. The number of morpholine rings is 1. The van der Waals surface area contributed by atoms with Gasteiger partial charge in [0.25, 0.3) is 11.8 Å². The number of aromatic nitrogens is 2. The molecule has 8 nitrogen and oxygen atoms in total. The minimum Gasteiger partial charge on any atom is -0.481 e. The quantitative estimate of drug-likeness (QED) is 0.443. The molecule has 1 saturated heterocycles. The Balaban J connectivity index is 1.59. The van der Waals surface area contributed by atoms with Crippen LogP contribution in [0.4, 0.5) is 0 Å². The first-order chi connectivity index (χ1) is 17.6. The van der Waals surface area contributed by atoms with Crippen LogP contribution in [0.2, 0.25) is 0 Å². The molecule has 186 valence electrons. The summed E-state index contributed by atoms with van der Waals surface area (Å²) in [5.74, 6) is 0.0723. The molecular weight excluding hydrogens is 476 g/mol. The highest BCUT2D eigenvalue weighted by atomic mass is 32.1. The van der Waals surface area contributed by atoms with E-state index in [9.17, 15) is 9.59 Å². The van der Waals surface area contributed by atoms with E-state index in [0.29, 0.717) is 49.1 Å². The summed E-state index contributed by atoms with van der Waals surface area (Å²) >= 11 is 1.28. The number of hydrogen-bond donors (Lipinski definition) is 1. The number of hydrogen-bond acceptors (Lipinski definition) is 7. The molecule has 9 heteroatoms. The van der Waals surface area contributed by atoms with Crippen molar-refractivity contribution in [2.75, 3.05) is 39.5 Å². The summed E-state index contributed by atoms with van der Waals surface area (Å²) in [6, 6.07) is 7.62. The number of fused-ring (bicyclic) bond motifs is 1. The average molecular weight is 505 g/mol. The SMILES string of the molecule is C=C/C=C\C(=C/C)CNC(=O)c1nc2c(OCC(=O)N3CCOCC3)cc(-c3ccncc3)cc2s1. The minimum absolute atomic E-state index is 0.111. The minimum atomic E-state index is -0.275. The highest BCUT2D eigenvalue weighted by molar-refractivity contribution is 7.20. The molecule has 36 heavy (non-hydrogen) atoms. The van der Waals surface area contributed by atoms with Crippen LogP contribution >= 0.6 is 11.3 Å². The van der Waals surface area contributed by atoms with Crippen molar-refractivity contribution < 1.29 is 19.1 Å². The zero-order chi connectivity index (χ0) is 25.3. The summed E-state index contributed by atoms with van der Waals surface area (Å²) in [4.78, 5) is 35.9. The Morgan fingerprint density at radius 2 is 2.00 bits per heavy atom. The van der Waals surface area contributed by atoms with E-state index in [1.807, 2.05) is 49.4 Å². The van der Waals surface area contributed by atoms with Gasteiger partial charge in [-0.15, -0.1) is 11.3 Å². The highest BCUT2D eigenvalue weighted by Gasteiger charge is 2.20. The Hall–Kier alpha value is -3.82. The molecule has 3 heterocycles. The van der Waals surface area contributed by atoms with Gasteiger partial charge in [0.2, 0.25) is 0 Å². The highest BCUT2D eigenvalue weighted by Crippen LogP contribution is 2.35. The number of nitrogens with zero attached hydrogens (tertiary/aromatic N) is 3. The maximum atomic E-state index is 12.9. The van der Waals surface area contributed by atoms with Gasteiger partial charge < -0.3 is 19.7 Å². The Labute approximate surface area is 214 Å². The molecule has 0 aliphatic carbocycles. The molecule has 0 spiro atoms. The molecule has 3 aromatic rings. The summed E-state index contributed by atoms with van der Waals surface area (Å²) < 4.78 is 12.1. The Morgan fingerprint density at radius 3 is 2.72 bits per heavy atom. The van der Waals surface area contributed by atoms with Crippen LogP contribution in [0, 0.1) is 0 Å². The number of benzene rings is 1. The maximum absolute atomic E-state index is 12.9. The number of thiazole rings is 1. The number of nitrogens with one attached hydrogen (secondary N) is 1. The molecule has 1 aliphatic rings. The molecule has 0 atom stereocenters. The predicted molar refractivity (Wildman–Crippen MR) is 141 cm³/mol. The van der Waals surface area contributed by atoms with Crippen LogP contribution in [0.5, 0.6) is 5.75 Å². The van der Waals surface area contributed by atoms with Gasteiger partial charge in [0.15, 0.2) is 11.6 Å². The van der Waals surface area contributed by atoms with E-state index in [1.165, 1.54) is 11.3 Å². The molecule has 1 aliphatic heterocycles. The lowest BCUT2D eigenvalue weighted by atomic mass is 10.1. The number of allylic oxidation sites excluding steroid dienone is 3. The van der Waals surface area contributed by atoms with E-state index in [2.05, 4.69) is 21.9 Å². The lowest BCUT2D eigenvalue weighted by Gasteiger charge is -2.26. The van der Waals surface area contributed by atoms with E-state index in [0.717, 1.165) is 21.4 Å². The Bertz CT molecular complexity index is 1290. The average Bonchev–Trinajstić information content (AvgIpc) is 3.37. The van der Waals surface area contributed by atoms with E-state index < -0.39 is 0 Å². The number of rotatable bonds is 9. The largest absolute Gasteiger partial charge is 0.481 e. The van der Waals surface area contributed by atoms with Crippen LogP contribution in [0.3, 0.4) is 0 Å². The van der Waals surface area contributed by atoms with Crippen molar-refractivity contribution in [1.29, 1.82) is 0 Å². The molecule has 1 aromatic carbocycles. The molecule has 0 saturated carbocycles. The van der Waals surface area contributed by atoms with Crippen molar-refractivity contribution in [3.63, 3.8) is 0 Å². The van der Waals surface area contributed by atoms with Crippen LogP contribution in [0.25, 0.3) is 21.3 Å². The first-order valence-corrected chi connectivity index (χ1v) is 12.5. The van der Waals surface area contributed by atoms with E-state index in [4.69, 9.17) is 9.47 Å². The normalized spacial score (nSPS) is 14.2. The summed E-state index contributed by atoms with van der Waals surface area (Å²) in [5.41, 5.74) is 3.34. The summed E-state index contributed by atoms with van der Waals surface area (Å²) in [6.07, 6.45) is 10.8. The molecule has 1 N–H and O–H groups in total. The van der Waals surface area contributed by atoms with Crippen molar-refractivity contribution in [3.8, 4) is 16.9 Å². The molecule has 0 unspecified atom stereocenters. The molecule has 1 fully saturated rings. The number of carbonyl (C=O) groups excluding carboxylic acids is 2. The maximum Gasteiger partial charge on any atom is 0.280 e. The number of carbonyl (C=O) groups is 2. The molecule has 0 radical (unpaired) electrons. The van der Waals surface area contributed by atoms with Crippen LogP contribution in [-0.2, 0) is 9.53 Å². The fraction of sp³-hybridized carbons (Fsp3) is 0.259. The lowest BCUT2D eigenvalue weighted by molar-refractivity contribution is -0.137. The van der Waals surface area contributed by atoms with Gasteiger partial charge in [0.05, 0.1) is 17.9 Å². The van der Waals surface area contributed by atoms with Crippen molar-refractivity contribution in [2.24, 2.45) is 0 Å². The van der Waals surface area contributed by atoms with Crippen LogP contribution in [-0.4, -0.2) is 66.1 Å². The summed E-state index contributed by atoms with van der Waals surface area (Å²) in [6.45, 7) is 7.98. The van der Waals surface area contributed by atoms with Gasteiger partial charge in [-0.05, 0) is 47.9 Å². The first kappa shape index (κ1) is 25.3. The number of pyridine rings is 1. The van der Waals surface area contributed by atoms with Crippen molar-refractivity contribution in [3.05, 3.63) is 78.1 Å². The topological polar surface area (TPSA) is 93.6 Å². The van der Waals surface area contributed by atoms with Gasteiger partial charge >= 0.3 is 0 Å². The van der Waals surface area contributed by atoms with Crippen LogP contribution in [0.15, 0.2) is 73.1 Å². The standard InChI is InChI=1S/C27H28N4O4S/c1-3-5-6-19(4-2)17-29-26(33)27-30-25-22(35-18-24(32)31-11-13-34-14-12-31)15-21(16-23(25)36-27)20-7-9-28-10-8-20/h3-10,15-16H,1,11-14,17-18H2,2H3,(H,29,33)/b6-5-,19-4+. The fourth-order valence-corrected chi connectivity index (χ4v) is 4.61. The van der Waals surface area contributed by atoms with Crippen molar-refractivity contribution >= 4 is 33.4 Å². The second-order valence-electron chi connectivity index (χ2n) is 8.00. The van der Waals surface area contributed by atoms with Gasteiger partial charge in [-0.3, -0.25) is 14.6 Å². The number of ether oxygens (including phenoxy) is 2. The molecular formula is C27H28N4O4S. The second kappa shape index (κ2) is 12.2. The third-order valence-corrected chi connectivity index (χ3v) is 6.65. The van der Waals surface area contributed by atoms with Gasteiger partial charge in [-0.1, -0.05) is 30.9 Å². The molecule has 0 bridgehead atoms. The smallest absolute Gasteiger partial charge is 0.280 e.